The Morgan fingerprint density at radius 1 is 0.609 bits per heavy atom. The Hall–Kier alpha value is -0.520. The molecule has 0 aromatic rings. The zero-order valence-electron chi connectivity index (χ0n) is 16.4. The lowest BCUT2D eigenvalue weighted by Crippen LogP contribution is -1.89. The number of unbranched alkanes of at least 4 members (excludes halogenated alkanes) is 9. The van der Waals surface area contributed by atoms with E-state index in [2.05, 4.69) is 26.8 Å². The molecule has 0 aromatic carbocycles. The van der Waals surface area contributed by atoms with Gasteiger partial charge >= 0.3 is 0 Å². The van der Waals surface area contributed by atoms with Crippen molar-refractivity contribution in [3.63, 3.8) is 0 Å². The van der Waals surface area contributed by atoms with Gasteiger partial charge in [0.25, 0.3) is 0 Å². The van der Waals surface area contributed by atoms with Crippen molar-refractivity contribution in [3.8, 4) is 0 Å². The van der Waals surface area contributed by atoms with Gasteiger partial charge in [-0.15, -0.1) is 0 Å². The van der Waals surface area contributed by atoms with Crippen LogP contribution in [0.4, 0.5) is 0 Å². The van der Waals surface area contributed by atoms with Gasteiger partial charge in [0.1, 0.15) is 0 Å². The molecule has 0 radical (unpaired) electrons. The Kier molecular flexibility index (Phi) is 12.4. The highest BCUT2D eigenvalue weighted by molar-refractivity contribution is 5.39. The molecule has 23 heavy (non-hydrogen) atoms. The molecule has 0 unspecified atom stereocenters. The predicted molar refractivity (Wildman–Crippen MR) is 106 cm³/mol. The zero-order valence-corrected chi connectivity index (χ0v) is 16.4. The first kappa shape index (κ1) is 20.5. The average Bonchev–Trinajstić information content (AvgIpc) is 2.94. The average molecular weight is 319 g/mol. The van der Waals surface area contributed by atoms with Crippen molar-refractivity contribution in [2.24, 2.45) is 0 Å². The summed E-state index contributed by atoms with van der Waals surface area (Å²) in [4.78, 5) is 0. The summed E-state index contributed by atoms with van der Waals surface area (Å²) in [6.07, 6.45) is 24.8. The molecule has 1 rings (SSSR count). The fourth-order valence-corrected chi connectivity index (χ4v) is 3.73. The minimum atomic E-state index is 1.32. The molecule has 0 amide bonds. The van der Waals surface area contributed by atoms with Crippen LogP contribution in [0.15, 0.2) is 22.8 Å². The molecule has 0 aliphatic heterocycles. The van der Waals surface area contributed by atoms with Gasteiger partial charge in [-0.25, -0.2) is 0 Å². The van der Waals surface area contributed by atoms with Crippen LogP contribution in [-0.2, 0) is 0 Å². The maximum atomic E-state index is 2.60. The van der Waals surface area contributed by atoms with Crippen LogP contribution in [0.25, 0.3) is 0 Å². The SMILES string of the molecule is CCCCCCC1=CC(CCCCCC)=C(CCCCCC)C1. The minimum Gasteiger partial charge on any atom is -0.0659 e. The molecule has 0 bridgehead atoms. The van der Waals surface area contributed by atoms with Gasteiger partial charge in [-0.3, -0.25) is 0 Å². The molecule has 134 valence electrons. The fraction of sp³-hybridized carbons (Fsp3) is 0.826. The largest absolute Gasteiger partial charge is 0.0659 e. The van der Waals surface area contributed by atoms with Crippen LogP contribution >= 0.6 is 0 Å². The zero-order chi connectivity index (χ0) is 16.8. The molecule has 0 heteroatoms. The Morgan fingerprint density at radius 3 is 1.70 bits per heavy atom. The van der Waals surface area contributed by atoms with Gasteiger partial charge in [-0.2, -0.15) is 0 Å². The smallest absolute Gasteiger partial charge is 0.00994 e. The lowest BCUT2D eigenvalue weighted by molar-refractivity contribution is 0.643. The summed E-state index contributed by atoms with van der Waals surface area (Å²) in [5.74, 6) is 0. The van der Waals surface area contributed by atoms with Gasteiger partial charge in [0.2, 0.25) is 0 Å². The first-order valence-electron chi connectivity index (χ1n) is 10.7. The van der Waals surface area contributed by atoms with Crippen LogP contribution in [0.5, 0.6) is 0 Å². The van der Waals surface area contributed by atoms with Crippen molar-refractivity contribution < 1.29 is 0 Å². The van der Waals surface area contributed by atoms with Crippen molar-refractivity contribution in [1.29, 1.82) is 0 Å². The van der Waals surface area contributed by atoms with Gasteiger partial charge in [0.05, 0.1) is 0 Å². The molecule has 0 aromatic heterocycles. The van der Waals surface area contributed by atoms with Crippen LogP contribution in [0.1, 0.15) is 124 Å². The summed E-state index contributed by atoms with van der Waals surface area (Å²) in [6, 6.07) is 0. The molecular formula is C23H42. The highest BCUT2D eigenvalue weighted by Crippen LogP contribution is 2.34. The molecule has 0 fully saturated rings. The first-order chi connectivity index (χ1) is 11.3. The van der Waals surface area contributed by atoms with E-state index in [0.717, 1.165) is 0 Å². The Morgan fingerprint density at radius 2 is 1.13 bits per heavy atom. The molecule has 0 saturated heterocycles. The van der Waals surface area contributed by atoms with E-state index in [1.807, 2.05) is 5.57 Å². The van der Waals surface area contributed by atoms with Gasteiger partial charge in [0, 0.05) is 0 Å². The van der Waals surface area contributed by atoms with Crippen LogP contribution in [0.3, 0.4) is 0 Å². The van der Waals surface area contributed by atoms with Crippen molar-refractivity contribution >= 4 is 0 Å². The minimum absolute atomic E-state index is 1.32. The summed E-state index contributed by atoms with van der Waals surface area (Å²) in [7, 11) is 0. The third kappa shape index (κ3) is 9.38. The third-order valence-electron chi connectivity index (χ3n) is 5.26. The van der Waals surface area contributed by atoms with E-state index in [-0.39, 0.29) is 0 Å². The topological polar surface area (TPSA) is 0 Å². The molecule has 1 aliphatic carbocycles. The lowest BCUT2D eigenvalue weighted by Gasteiger charge is -2.08. The predicted octanol–water partition coefficient (Wildman–Crippen LogP) is 8.52. The summed E-state index contributed by atoms with van der Waals surface area (Å²) in [5.41, 5.74) is 5.29. The van der Waals surface area contributed by atoms with E-state index in [0.29, 0.717) is 0 Å². The molecule has 0 N–H and O–H groups in total. The monoisotopic (exact) mass is 318 g/mol. The van der Waals surface area contributed by atoms with E-state index < -0.39 is 0 Å². The summed E-state index contributed by atoms with van der Waals surface area (Å²) < 4.78 is 0. The van der Waals surface area contributed by atoms with Gasteiger partial charge in [-0.1, -0.05) is 95.8 Å². The van der Waals surface area contributed by atoms with E-state index in [1.54, 1.807) is 11.1 Å². The number of hydrogen-bond donors (Lipinski definition) is 0. The Labute approximate surface area is 146 Å². The third-order valence-corrected chi connectivity index (χ3v) is 5.26. The molecule has 0 saturated carbocycles. The molecule has 0 spiro atoms. The normalized spacial score (nSPS) is 14.7. The maximum absolute atomic E-state index is 2.60. The number of rotatable bonds is 15. The molecule has 0 atom stereocenters. The molecule has 0 heterocycles. The van der Waals surface area contributed by atoms with Gasteiger partial charge in [0.15, 0.2) is 0 Å². The highest BCUT2D eigenvalue weighted by atomic mass is 14.2. The van der Waals surface area contributed by atoms with Crippen molar-refractivity contribution in [2.45, 2.75) is 124 Å². The van der Waals surface area contributed by atoms with Crippen LogP contribution < -0.4 is 0 Å². The lowest BCUT2D eigenvalue weighted by atomic mass is 9.98. The van der Waals surface area contributed by atoms with Gasteiger partial charge in [-0.05, 0) is 50.5 Å². The van der Waals surface area contributed by atoms with Crippen LogP contribution in [0.2, 0.25) is 0 Å². The second-order valence-electron chi connectivity index (χ2n) is 7.54. The molecule has 1 aliphatic rings. The second kappa shape index (κ2) is 13.9. The number of hydrogen-bond acceptors (Lipinski definition) is 0. The van der Waals surface area contributed by atoms with Gasteiger partial charge < -0.3 is 0 Å². The summed E-state index contributed by atoms with van der Waals surface area (Å²) in [6.45, 7) is 6.92. The van der Waals surface area contributed by atoms with Crippen molar-refractivity contribution in [2.75, 3.05) is 0 Å². The Balaban J connectivity index is 2.40. The Bertz CT molecular complexity index is 345. The highest BCUT2D eigenvalue weighted by Gasteiger charge is 2.15. The van der Waals surface area contributed by atoms with Crippen molar-refractivity contribution in [3.05, 3.63) is 22.8 Å². The standard InChI is InChI=1S/C23H42/c1-4-7-10-13-16-21-19-22(17-14-11-8-5-2)23(20-21)18-15-12-9-6-3/h19H,4-18,20H2,1-3H3. The summed E-state index contributed by atoms with van der Waals surface area (Å²) in [5, 5.41) is 0. The van der Waals surface area contributed by atoms with E-state index in [9.17, 15) is 0 Å². The number of allylic oxidation sites excluding steroid dienone is 4. The van der Waals surface area contributed by atoms with Crippen LogP contribution in [0, 0.1) is 0 Å². The molecule has 0 nitrogen and oxygen atoms in total. The van der Waals surface area contributed by atoms with E-state index >= 15 is 0 Å². The summed E-state index contributed by atoms with van der Waals surface area (Å²) >= 11 is 0. The molecular weight excluding hydrogens is 276 g/mol. The quantitative estimate of drug-likeness (QED) is 0.265. The van der Waals surface area contributed by atoms with Crippen LogP contribution in [-0.4, -0.2) is 0 Å². The maximum Gasteiger partial charge on any atom is -0.00994 e. The first-order valence-corrected chi connectivity index (χ1v) is 10.7. The fourth-order valence-electron chi connectivity index (χ4n) is 3.73. The van der Waals surface area contributed by atoms with Crippen molar-refractivity contribution in [1.82, 2.24) is 0 Å². The second-order valence-corrected chi connectivity index (χ2v) is 7.54. The van der Waals surface area contributed by atoms with E-state index in [4.69, 9.17) is 0 Å². The van der Waals surface area contributed by atoms with E-state index in [1.165, 1.54) is 103 Å².